The Kier molecular flexibility index (Phi) is 7.85. The molecule has 0 aliphatic carbocycles. The van der Waals surface area contributed by atoms with Gasteiger partial charge in [0, 0.05) is 54.9 Å². The fourth-order valence-corrected chi connectivity index (χ4v) is 4.99. The minimum absolute atomic E-state index is 0.0483. The number of nitrogens with zero attached hydrogens (tertiary/aromatic N) is 4. The number of hydrogen-bond donors (Lipinski definition) is 1. The summed E-state index contributed by atoms with van der Waals surface area (Å²) in [7, 11) is 3.57. The summed E-state index contributed by atoms with van der Waals surface area (Å²) < 4.78 is 0. The lowest BCUT2D eigenvalue weighted by Gasteiger charge is -2.37. The quantitative estimate of drug-likeness (QED) is 0.508. The number of carbonyl (C=O) groups is 1. The lowest BCUT2D eigenvalue weighted by molar-refractivity contribution is 0.0827. The van der Waals surface area contributed by atoms with E-state index in [-0.39, 0.29) is 5.91 Å². The molecule has 1 fully saturated rings. The van der Waals surface area contributed by atoms with Crippen molar-refractivity contribution in [3.8, 4) is 11.1 Å². The van der Waals surface area contributed by atoms with Gasteiger partial charge < -0.3 is 10.6 Å². The number of nitrogens with two attached hydrogens (primary N) is 1. The van der Waals surface area contributed by atoms with Crippen LogP contribution in [0.1, 0.15) is 59.8 Å². The van der Waals surface area contributed by atoms with Crippen molar-refractivity contribution in [2.24, 2.45) is 0 Å². The van der Waals surface area contributed by atoms with E-state index in [4.69, 9.17) is 5.73 Å². The van der Waals surface area contributed by atoms with E-state index in [2.05, 4.69) is 53.8 Å². The summed E-state index contributed by atoms with van der Waals surface area (Å²) in [5.41, 5.74) is 13.5. The average molecular weight is 484 g/mol. The molecule has 0 bridgehead atoms. The summed E-state index contributed by atoms with van der Waals surface area (Å²) in [4.78, 5) is 25.2. The molecule has 1 aliphatic heterocycles. The van der Waals surface area contributed by atoms with Gasteiger partial charge in [-0.2, -0.15) is 0 Å². The summed E-state index contributed by atoms with van der Waals surface area (Å²) in [6.07, 6.45) is 8.20. The van der Waals surface area contributed by atoms with Crippen LogP contribution in [0.5, 0.6) is 0 Å². The van der Waals surface area contributed by atoms with Crippen LogP contribution in [0.3, 0.4) is 0 Å². The van der Waals surface area contributed by atoms with Crippen molar-refractivity contribution in [2.45, 2.75) is 45.6 Å². The first-order valence-corrected chi connectivity index (χ1v) is 12.7. The molecule has 1 aromatic carbocycles. The topological polar surface area (TPSA) is 75.3 Å². The molecule has 3 heterocycles. The molecular weight excluding hydrogens is 446 g/mol. The van der Waals surface area contributed by atoms with Crippen molar-refractivity contribution in [1.29, 1.82) is 0 Å². The molecule has 2 aromatic heterocycles. The molecule has 1 amide bonds. The first-order valence-electron chi connectivity index (χ1n) is 12.7. The number of anilines is 1. The van der Waals surface area contributed by atoms with Crippen LogP contribution in [-0.4, -0.2) is 58.9 Å². The number of aromatic nitrogens is 2. The standard InChI is InChI=1S/C30H37N5O/c1-20(18-28-21(2)32-15-12-27(28)26-10-11-29(31)33-19-26)22(3)35-16-13-24(14-17-35)23-6-8-25(9-7-23)30(36)34(4)5/h6-12,15,18-19,22,24H,13-14,16-17H2,1-5H3,(H2,31,33)/b20-18+. The van der Waals surface area contributed by atoms with Crippen LogP contribution in [0.2, 0.25) is 0 Å². The Bertz CT molecular complexity index is 1220. The lowest BCUT2D eigenvalue weighted by Crippen LogP contribution is -2.40. The molecule has 1 atom stereocenters. The molecule has 6 nitrogen and oxygen atoms in total. The fourth-order valence-electron chi connectivity index (χ4n) is 4.99. The summed E-state index contributed by atoms with van der Waals surface area (Å²) in [5.74, 6) is 1.10. The molecule has 0 radical (unpaired) electrons. The van der Waals surface area contributed by atoms with Gasteiger partial charge in [-0.15, -0.1) is 0 Å². The molecule has 4 rings (SSSR count). The minimum Gasteiger partial charge on any atom is -0.384 e. The monoisotopic (exact) mass is 483 g/mol. The Labute approximate surface area is 214 Å². The summed E-state index contributed by atoms with van der Waals surface area (Å²) in [6.45, 7) is 8.67. The van der Waals surface area contributed by atoms with Gasteiger partial charge in [-0.25, -0.2) is 4.98 Å². The number of benzene rings is 1. The maximum Gasteiger partial charge on any atom is 0.253 e. The zero-order chi connectivity index (χ0) is 25.8. The van der Waals surface area contributed by atoms with Gasteiger partial charge in [0.25, 0.3) is 5.91 Å². The van der Waals surface area contributed by atoms with Crippen LogP contribution in [0.25, 0.3) is 17.2 Å². The molecule has 36 heavy (non-hydrogen) atoms. The first-order chi connectivity index (χ1) is 17.2. The van der Waals surface area contributed by atoms with Crippen molar-refractivity contribution in [1.82, 2.24) is 19.8 Å². The van der Waals surface area contributed by atoms with Gasteiger partial charge in [0.05, 0.1) is 0 Å². The van der Waals surface area contributed by atoms with Crippen molar-refractivity contribution in [3.05, 3.63) is 82.8 Å². The van der Waals surface area contributed by atoms with Gasteiger partial charge in [0.2, 0.25) is 0 Å². The first kappa shape index (κ1) is 25.6. The highest BCUT2D eigenvalue weighted by molar-refractivity contribution is 5.93. The largest absolute Gasteiger partial charge is 0.384 e. The van der Waals surface area contributed by atoms with Gasteiger partial charge in [-0.05, 0) is 94.1 Å². The van der Waals surface area contributed by atoms with E-state index < -0.39 is 0 Å². The summed E-state index contributed by atoms with van der Waals surface area (Å²) in [5, 5.41) is 0. The van der Waals surface area contributed by atoms with Crippen LogP contribution in [0, 0.1) is 6.92 Å². The molecule has 1 unspecified atom stereocenters. The normalized spacial score (nSPS) is 16.1. The molecule has 0 spiro atoms. The van der Waals surface area contributed by atoms with Gasteiger partial charge >= 0.3 is 0 Å². The van der Waals surface area contributed by atoms with Crippen LogP contribution in [-0.2, 0) is 0 Å². The predicted octanol–water partition coefficient (Wildman–Crippen LogP) is 5.41. The maximum absolute atomic E-state index is 12.2. The van der Waals surface area contributed by atoms with Crippen LogP contribution >= 0.6 is 0 Å². The lowest BCUT2D eigenvalue weighted by atomic mass is 9.88. The second-order valence-corrected chi connectivity index (χ2v) is 10.0. The fraction of sp³-hybridized carbons (Fsp3) is 0.367. The molecule has 2 N–H and O–H groups in total. The summed E-state index contributed by atoms with van der Waals surface area (Å²) >= 11 is 0. The van der Waals surface area contributed by atoms with E-state index in [9.17, 15) is 4.79 Å². The van der Waals surface area contributed by atoms with Crippen LogP contribution < -0.4 is 5.73 Å². The third-order valence-electron chi connectivity index (χ3n) is 7.43. The SMILES string of the molecule is C/C(=C\c1c(-c2ccc(N)nc2)ccnc1C)C(C)N1CCC(c2ccc(C(=O)N(C)C)cc2)CC1. The number of aryl methyl sites for hydroxylation is 1. The van der Waals surface area contributed by atoms with E-state index in [1.54, 1.807) is 19.0 Å². The Morgan fingerprint density at radius 2 is 1.78 bits per heavy atom. The van der Waals surface area contributed by atoms with E-state index in [0.29, 0.717) is 17.8 Å². The number of carbonyl (C=O) groups excluding carboxylic acids is 1. The molecule has 3 aromatic rings. The molecule has 1 saturated heterocycles. The molecule has 1 aliphatic rings. The van der Waals surface area contributed by atoms with Crippen molar-refractivity contribution in [3.63, 3.8) is 0 Å². The molecule has 0 saturated carbocycles. The van der Waals surface area contributed by atoms with Gasteiger partial charge in [-0.3, -0.25) is 14.7 Å². The minimum atomic E-state index is 0.0483. The Hall–Kier alpha value is -3.51. The van der Waals surface area contributed by atoms with Gasteiger partial charge in [0.1, 0.15) is 5.82 Å². The third kappa shape index (κ3) is 5.65. The number of nitrogen functional groups attached to an aromatic ring is 1. The second kappa shape index (κ2) is 11.0. The van der Waals surface area contributed by atoms with Gasteiger partial charge in [-0.1, -0.05) is 23.8 Å². The Balaban J connectivity index is 1.45. The number of amides is 1. The highest BCUT2D eigenvalue weighted by Crippen LogP contribution is 2.32. The van der Waals surface area contributed by atoms with Crippen LogP contribution in [0.4, 0.5) is 5.82 Å². The highest BCUT2D eigenvalue weighted by Gasteiger charge is 2.25. The number of piperidine rings is 1. The average Bonchev–Trinajstić information content (AvgIpc) is 2.89. The number of rotatable bonds is 6. The molecule has 188 valence electrons. The number of hydrogen-bond acceptors (Lipinski definition) is 5. The Morgan fingerprint density at radius 3 is 2.39 bits per heavy atom. The Morgan fingerprint density at radius 1 is 1.08 bits per heavy atom. The van der Waals surface area contributed by atoms with E-state index >= 15 is 0 Å². The van der Waals surface area contributed by atoms with E-state index in [0.717, 1.165) is 53.9 Å². The predicted molar refractivity (Wildman–Crippen MR) is 148 cm³/mol. The zero-order valence-electron chi connectivity index (χ0n) is 22.0. The van der Waals surface area contributed by atoms with Crippen molar-refractivity contribution < 1.29 is 4.79 Å². The van der Waals surface area contributed by atoms with Crippen LogP contribution in [0.15, 0.2) is 60.4 Å². The number of likely N-dealkylation sites (tertiary alicyclic amines) is 1. The second-order valence-electron chi connectivity index (χ2n) is 10.0. The number of pyridine rings is 2. The van der Waals surface area contributed by atoms with E-state index in [1.807, 2.05) is 42.7 Å². The zero-order valence-corrected chi connectivity index (χ0v) is 22.0. The molecular formula is C30H37N5O. The van der Waals surface area contributed by atoms with E-state index in [1.165, 1.54) is 11.1 Å². The van der Waals surface area contributed by atoms with Gasteiger partial charge in [0.15, 0.2) is 0 Å². The van der Waals surface area contributed by atoms with Crippen molar-refractivity contribution in [2.75, 3.05) is 32.9 Å². The maximum atomic E-state index is 12.2. The van der Waals surface area contributed by atoms with Crippen molar-refractivity contribution >= 4 is 17.8 Å². The summed E-state index contributed by atoms with van der Waals surface area (Å²) in [6, 6.07) is 14.4. The third-order valence-corrected chi connectivity index (χ3v) is 7.43. The smallest absolute Gasteiger partial charge is 0.253 e. The molecule has 6 heteroatoms. The highest BCUT2D eigenvalue weighted by atomic mass is 16.2.